The number of nitrogens with zero attached hydrogens (tertiary/aromatic N) is 1. The van der Waals surface area contributed by atoms with E-state index in [-0.39, 0.29) is 10.8 Å². The number of carbonyl (C=O) groups is 2. The van der Waals surface area contributed by atoms with Crippen molar-refractivity contribution >= 4 is 51.0 Å². The van der Waals surface area contributed by atoms with Crippen molar-refractivity contribution in [1.29, 1.82) is 0 Å². The van der Waals surface area contributed by atoms with Gasteiger partial charge in [0.2, 0.25) is 0 Å². The van der Waals surface area contributed by atoms with Crippen LogP contribution in [-0.4, -0.2) is 30.3 Å². The second-order valence-electron chi connectivity index (χ2n) is 12.7. The van der Waals surface area contributed by atoms with E-state index in [2.05, 4.69) is 41.7 Å². The van der Waals surface area contributed by atoms with E-state index in [1.54, 1.807) is 18.3 Å². The van der Waals surface area contributed by atoms with E-state index in [9.17, 15) is 9.59 Å². The molecule has 42 heavy (non-hydrogen) atoms. The number of ether oxygens (including phenoxy) is 1. The van der Waals surface area contributed by atoms with Crippen molar-refractivity contribution in [2.75, 3.05) is 35.3 Å². The number of hydrogen-bond acceptors (Lipinski definition) is 7. The molecule has 0 unspecified atom stereocenters. The maximum atomic E-state index is 13.5. The first-order chi connectivity index (χ1) is 19.8. The van der Waals surface area contributed by atoms with E-state index in [0.717, 1.165) is 41.1 Å². The Balaban J connectivity index is 1.59. The van der Waals surface area contributed by atoms with Crippen LogP contribution in [0.15, 0.2) is 66.9 Å². The molecule has 0 aliphatic rings. The van der Waals surface area contributed by atoms with Gasteiger partial charge in [-0.15, -0.1) is 0 Å². The van der Waals surface area contributed by atoms with Crippen LogP contribution in [0.4, 0.5) is 28.6 Å². The fourth-order valence-electron chi connectivity index (χ4n) is 4.64. The average molecular weight is 568 g/mol. The number of nitrogen functional groups attached to an aromatic ring is 1. The van der Waals surface area contributed by atoms with Gasteiger partial charge in [0.15, 0.2) is 5.75 Å². The summed E-state index contributed by atoms with van der Waals surface area (Å²) < 4.78 is 5.45. The van der Waals surface area contributed by atoms with Crippen molar-refractivity contribution < 1.29 is 14.3 Å². The molecule has 0 saturated carbocycles. The molecule has 0 saturated heterocycles. The number of benzene rings is 3. The molecular formula is C34H41N5O3. The summed E-state index contributed by atoms with van der Waals surface area (Å²) in [7, 11) is 1.48. The van der Waals surface area contributed by atoms with E-state index in [0.29, 0.717) is 28.1 Å². The molecule has 8 heteroatoms. The molecule has 0 radical (unpaired) electrons. The zero-order valence-electron chi connectivity index (χ0n) is 25.5. The fourth-order valence-corrected chi connectivity index (χ4v) is 4.64. The lowest BCUT2D eigenvalue weighted by Crippen LogP contribution is -2.24. The van der Waals surface area contributed by atoms with Gasteiger partial charge in [0, 0.05) is 41.1 Å². The Kier molecular flexibility index (Phi) is 8.75. The highest BCUT2D eigenvalue weighted by Gasteiger charge is 2.24. The van der Waals surface area contributed by atoms with Crippen molar-refractivity contribution in [3.05, 3.63) is 78.0 Å². The van der Waals surface area contributed by atoms with E-state index in [1.165, 1.54) is 7.11 Å². The number of carbonyl (C=O) groups excluding carboxylic acids is 2. The molecule has 0 spiro atoms. The Labute approximate surface area is 248 Å². The summed E-state index contributed by atoms with van der Waals surface area (Å²) in [6.07, 6.45) is 2.77. The lowest BCUT2D eigenvalue weighted by atomic mass is 9.86. The van der Waals surface area contributed by atoms with Crippen LogP contribution in [0.25, 0.3) is 10.8 Å². The van der Waals surface area contributed by atoms with E-state index >= 15 is 0 Å². The van der Waals surface area contributed by atoms with Gasteiger partial charge in [0.05, 0.1) is 18.5 Å². The monoisotopic (exact) mass is 567 g/mol. The first-order valence-corrected chi connectivity index (χ1v) is 14.1. The molecule has 220 valence electrons. The van der Waals surface area contributed by atoms with Crippen LogP contribution < -0.4 is 26.4 Å². The summed E-state index contributed by atoms with van der Waals surface area (Å²) in [6.45, 7) is 13.6. The maximum absolute atomic E-state index is 13.5. The zero-order chi connectivity index (χ0) is 30.7. The van der Waals surface area contributed by atoms with Crippen LogP contribution in [0, 0.1) is 5.41 Å². The zero-order valence-corrected chi connectivity index (χ0v) is 25.5. The van der Waals surface area contributed by atoms with Crippen molar-refractivity contribution in [1.82, 2.24) is 4.98 Å². The number of hydrogen-bond donors (Lipinski definition) is 4. The van der Waals surface area contributed by atoms with Crippen molar-refractivity contribution in [2.45, 2.75) is 53.4 Å². The third-order valence-electron chi connectivity index (χ3n) is 7.03. The number of ketones is 1. The predicted molar refractivity (Wildman–Crippen MR) is 173 cm³/mol. The Bertz CT molecular complexity index is 1620. The van der Waals surface area contributed by atoms with Crippen LogP contribution in [0.1, 0.15) is 63.9 Å². The van der Waals surface area contributed by atoms with Gasteiger partial charge in [0.25, 0.3) is 11.7 Å². The Hall–Kier alpha value is -4.59. The second kappa shape index (κ2) is 12.1. The number of rotatable bonds is 9. The van der Waals surface area contributed by atoms with Gasteiger partial charge < -0.3 is 26.4 Å². The Morgan fingerprint density at radius 3 is 2.29 bits per heavy atom. The molecule has 8 nitrogen and oxygen atoms in total. The summed E-state index contributed by atoms with van der Waals surface area (Å²) >= 11 is 0. The molecule has 1 amide bonds. The Morgan fingerprint density at radius 1 is 0.905 bits per heavy atom. The highest BCUT2D eigenvalue weighted by Crippen LogP contribution is 2.37. The summed E-state index contributed by atoms with van der Waals surface area (Å²) in [4.78, 5) is 31.2. The van der Waals surface area contributed by atoms with Crippen LogP contribution in [0.2, 0.25) is 0 Å². The van der Waals surface area contributed by atoms with Crippen molar-refractivity contribution in [2.24, 2.45) is 5.41 Å². The van der Waals surface area contributed by atoms with Gasteiger partial charge in [-0.05, 0) is 58.5 Å². The van der Waals surface area contributed by atoms with E-state index < -0.39 is 11.7 Å². The SMILES string of the molecule is COc1c(N)cc(C(C)(C)C)cc1NC(=O)C(=O)c1ccc(Nc2ccnc(NCCC(C)(C)C)c2)c2ccccc12. The molecule has 1 aromatic heterocycles. The average Bonchev–Trinajstić information content (AvgIpc) is 2.92. The lowest BCUT2D eigenvalue weighted by Gasteiger charge is -2.22. The minimum atomic E-state index is -0.773. The summed E-state index contributed by atoms with van der Waals surface area (Å²) in [6, 6.07) is 18.5. The molecule has 0 aliphatic heterocycles. The van der Waals surface area contributed by atoms with Gasteiger partial charge in [0.1, 0.15) is 5.82 Å². The molecule has 0 aliphatic carbocycles. The van der Waals surface area contributed by atoms with Crippen molar-refractivity contribution in [3.63, 3.8) is 0 Å². The quantitative estimate of drug-likeness (QED) is 0.0937. The minimum absolute atomic E-state index is 0.221. The van der Waals surface area contributed by atoms with E-state index in [1.807, 2.05) is 69.3 Å². The lowest BCUT2D eigenvalue weighted by molar-refractivity contribution is -0.112. The number of amides is 1. The van der Waals surface area contributed by atoms with Crippen molar-refractivity contribution in [3.8, 4) is 5.75 Å². The predicted octanol–water partition coefficient (Wildman–Crippen LogP) is 7.54. The number of Topliss-reactive ketones (excluding diaryl/α,β-unsaturated/α-hetero) is 1. The number of aromatic nitrogens is 1. The second-order valence-corrected chi connectivity index (χ2v) is 12.7. The van der Waals surface area contributed by atoms with Gasteiger partial charge in [-0.3, -0.25) is 9.59 Å². The molecule has 1 heterocycles. The topological polar surface area (TPSA) is 118 Å². The minimum Gasteiger partial charge on any atom is -0.492 e. The highest BCUT2D eigenvalue weighted by atomic mass is 16.5. The largest absolute Gasteiger partial charge is 0.492 e. The van der Waals surface area contributed by atoms with Crippen LogP contribution in [0.3, 0.4) is 0 Å². The van der Waals surface area contributed by atoms with Gasteiger partial charge in [-0.1, -0.05) is 65.8 Å². The van der Waals surface area contributed by atoms with Crippen LogP contribution in [-0.2, 0) is 10.2 Å². The normalized spacial score (nSPS) is 11.7. The molecule has 4 aromatic rings. The summed E-state index contributed by atoms with van der Waals surface area (Å²) in [5.74, 6) is -0.333. The number of anilines is 5. The van der Waals surface area contributed by atoms with Gasteiger partial charge in [-0.2, -0.15) is 0 Å². The third kappa shape index (κ3) is 7.18. The fraction of sp³-hybridized carbons (Fsp3) is 0.324. The first-order valence-electron chi connectivity index (χ1n) is 14.1. The van der Waals surface area contributed by atoms with E-state index in [4.69, 9.17) is 10.5 Å². The number of nitrogens with one attached hydrogen (secondary N) is 3. The van der Waals surface area contributed by atoms with Gasteiger partial charge >= 0.3 is 0 Å². The molecule has 0 bridgehead atoms. The summed E-state index contributed by atoms with van der Waals surface area (Å²) in [5.41, 5.74) is 9.84. The highest BCUT2D eigenvalue weighted by molar-refractivity contribution is 6.48. The third-order valence-corrected chi connectivity index (χ3v) is 7.03. The smallest absolute Gasteiger partial charge is 0.296 e. The first kappa shape index (κ1) is 30.4. The molecule has 3 aromatic carbocycles. The maximum Gasteiger partial charge on any atom is 0.296 e. The molecule has 0 atom stereocenters. The Morgan fingerprint density at radius 2 is 1.62 bits per heavy atom. The summed E-state index contributed by atoms with van der Waals surface area (Å²) in [5, 5.41) is 11.1. The molecule has 0 fully saturated rings. The number of pyridine rings is 1. The molecule has 4 rings (SSSR count). The molecule has 5 N–H and O–H groups in total. The van der Waals surface area contributed by atoms with Crippen LogP contribution >= 0.6 is 0 Å². The molecular weight excluding hydrogens is 526 g/mol. The number of methoxy groups -OCH3 is 1. The number of nitrogens with two attached hydrogens (primary N) is 1. The van der Waals surface area contributed by atoms with Crippen LogP contribution in [0.5, 0.6) is 5.75 Å². The van der Waals surface area contributed by atoms with Gasteiger partial charge in [-0.25, -0.2) is 4.98 Å². The number of fused-ring (bicyclic) bond motifs is 1. The standard InChI is InChI=1S/C34H41N5O3/c1-33(2,3)15-17-37-29-20-22(14-16-36-29)38-27-13-12-25(23-10-8-9-11-24(23)27)30(40)32(41)39-28-19-21(34(4,5)6)18-26(35)31(28)42-7/h8-14,16,18-20H,15,17,35H2,1-7H3,(H,39,41)(H2,36,37,38).